The zero-order valence-electron chi connectivity index (χ0n) is 37.2. The lowest BCUT2D eigenvalue weighted by atomic mass is 10.0. The van der Waals surface area contributed by atoms with Crippen LogP contribution in [-0.2, 0) is 14.3 Å². The summed E-state index contributed by atoms with van der Waals surface area (Å²) in [5.74, 6) is -0.208. The van der Waals surface area contributed by atoms with Gasteiger partial charge in [-0.05, 0) is 51.4 Å². The second-order valence-electron chi connectivity index (χ2n) is 16.5. The maximum absolute atomic E-state index is 12.2. The van der Waals surface area contributed by atoms with Crippen molar-refractivity contribution < 1.29 is 19.4 Å². The molecule has 324 valence electrons. The van der Waals surface area contributed by atoms with Crippen LogP contribution in [0.5, 0.6) is 0 Å². The smallest absolute Gasteiger partial charge is 0.306 e. The fourth-order valence-corrected chi connectivity index (χ4v) is 7.28. The van der Waals surface area contributed by atoms with E-state index in [2.05, 4.69) is 50.3 Å². The monoisotopic (exact) mass is 773 g/mol. The number of unbranched alkanes of at least 4 members (excludes halogenated alkanes) is 32. The summed E-state index contributed by atoms with van der Waals surface area (Å²) in [5.41, 5.74) is 0. The lowest BCUT2D eigenvalue weighted by Gasteiger charge is -2.16. The normalized spacial score (nSPS) is 12.6. The minimum Gasteiger partial charge on any atom is -0.457 e. The van der Waals surface area contributed by atoms with Crippen LogP contribution in [0.25, 0.3) is 0 Å². The van der Waals surface area contributed by atoms with Gasteiger partial charge in [0.05, 0.1) is 13.2 Å². The summed E-state index contributed by atoms with van der Waals surface area (Å²) in [6.45, 7) is 5.36. The molecule has 0 aliphatic rings. The van der Waals surface area contributed by atoms with Gasteiger partial charge >= 0.3 is 5.97 Å². The molecule has 4 nitrogen and oxygen atoms in total. The van der Waals surface area contributed by atoms with Crippen molar-refractivity contribution in [1.29, 1.82) is 0 Å². The van der Waals surface area contributed by atoms with Gasteiger partial charge in [-0.1, -0.05) is 237 Å². The number of aliphatic hydroxyl groups excluding tert-OH is 1. The van der Waals surface area contributed by atoms with Gasteiger partial charge in [-0.25, -0.2) is 0 Å². The number of hydrogen-bond donors (Lipinski definition) is 1. The molecule has 4 heteroatoms. The first-order chi connectivity index (χ1) is 27.2. The van der Waals surface area contributed by atoms with E-state index in [0.29, 0.717) is 19.6 Å². The predicted molar refractivity (Wildman–Crippen MR) is 242 cm³/mol. The molecule has 0 rings (SSSR count). The predicted octanol–water partition coefficient (Wildman–Crippen LogP) is 16.4. The van der Waals surface area contributed by atoms with E-state index in [1.807, 2.05) is 0 Å². The first-order valence-electron chi connectivity index (χ1n) is 24.6. The van der Waals surface area contributed by atoms with E-state index >= 15 is 0 Å². The Bertz CT molecular complexity index is 818. The van der Waals surface area contributed by atoms with Crippen molar-refractivity contribution in [3.05, 3.63) is 36.5 Å². The van der Waals surface area contributed by atoms with Gasteiger partial charge in [-0.2, -0.15) is 0 Å². The highest BCUT2D eigenvalue weighted by Crippen LogP contribution is 2.16. The van der Waals surface area contributed by atoms with Crippen LogP contribution >= 0.6 is 0 Å². The van der Waals surface area contributed by atoms with Crippen LogP contribution in [0, 0.1) is 0 Å². The lowest BCUT2D eigenvalue weighted by molar-refractivity contribution is -0.154. The Morgan fingerprint density at radius 2 is 0.764 bits per heavy atom. The maximum atomic E-state index is 12.2. The van der Waals surface area contributed by atoms with Gasteiger partial charge in [0.2, 0.25) is 0 Å². The average molecular weight is 773 g/mol. The molecular formula is C51H96O4. The molecule has 0 amide bonds. The van der Waals surface area contributed by atoms with Crippen LogP contribution in [0.15, 0.2) is 36.5 Å². The molecule has 0 saturated carbocycles. The Kier molecular flexibility index (Phi) is 47.5. The molecule has 0 aliphatic heterocycles. The van der Waals surface area contributed by atoms with Crippen molar-refractivity contribution in [2.75, 3.05) is 19.8 Å². The fourth-order valence-electron chi connectivity index (χ4n) is 7.28. The van der Waals surface area contributed by atoms with Crippen LogP contribution < -0.4 is 0 Å². The summed E-state index contributed by atoms with van der Waals surface area (Å²) in [5, 5.41) is 9.64. The van der Waals surface area contributed by atoms with Crippen LogP contribution in [-0.4, -0.2) is 37.0 Å². The highest BCUT2D eigenvalue weighted by molar-refractivity contribution is 5.69. The molecule has 0 fully saturated rings. The van der Waals surface area contributed by atoms with Crippen molar-refractivity contribution in [3.63, 3.8) is 0 Å². The summed E-state index contributed by atoms with van der Waals surface area (Å²) >= 11 is 0. The molecule has 0 bridgehead atoms. The molecule has 1 N–H and O–H groups in total. The molecule has 0 aromatic rings. The molecule has 0 saturated heterocycles. The van der Waals surface area contributed by atoms with Gasteiger partial charge < -0.3 is 14.6 Å². The zero-order valence-corrected chi connectivity index (χ0v) is 37.2. The van der Waals surface area contributed by atoms with Crippen molar-refractivity contribution in [3.8, 4) is 0 Å². The van der Waals surface area contributed by atoms with Crippen molar-refractivity contribution in [2.24, 2.45) is 0 Å². The number of carbonyl (C=O) groups is 1. The summed E-state index contributed by atoms with van der Waals surface area (Å²) in [6.07, 6.45) is 62.3. The minimum atomic E-state index is -0.539. The molecule has 0 radical (unpaired) electrons. The highest BCUT2D eigenvalue weighted by Gasteiger charge is 2.13. The maximum Gasteiger partial charge on any atom is 0.306 e. The molecular weight excluding hydrogens is 677 g/mol. The van der Waals surface area contributed by atoms with E-state index < -0.39 is 6.10 Å². The van der Waals surface area contributed by atoms with Crippen molar-refractivity contribution >= 4 is 5.97 Å². The van der Waals surface area contributed by atoms with E-state index in [1.54, 1.807) is 0 Å². The molecule has 1 atom stereocenters. The molecule has 0 aliphatic carbocycles. The van der Waals surface area contributed by atoms with Crippen LogP contribution in [0.3, 0.4) is 0 Å². The lowest BCUT2D eigenvalue weighted by Crippen LogP contribution is -2.27. The second-order valence-corrected chi connectivity index (χ2v) is 16.5. The highest BCUT2D eigenvalue weighted by atomic mass is 16.6. The third-order valence-electron chi connectivity index (χ3n) is 11.0. The minimum absolute atomic E-state index is 0.174. The number of hydrogen-bond acceptors (Lipinski definition) is 4. The van der Waals surface area contributed by atoms with Crippen LogP contribution in [0.4, 0.5) is 0 Å². The van der Waals surface area contributed by atoms with Crippen molar-refractivity contribution in [1.82, 2.24) is 0 Å². The first-order valence-corrected chi connectivity index (χ1v) is 24.6. The Balaban J connectivity index is 3.41. The van der Waals surface area contributed by atoms with Crippen LogP contribution in [0.1, 0.15) is 258 Å². The number of rotatable bonds is 46. The van der Waals surface area contributed by atoms with Gasteiger partial charge in [0.1, 0.15) is 6.10 Å². The van der Waals surface area contributed by atoms with Gasteiger partial charge in [0.15, 0.2) is 0 Å². The molecule has 0 heterocycles. The Morgan fingerprint density at radius 3 is 1.15 bits per heavy atom. The number of aliphatic hydroxyl groups is 1. The summed E-state index contributed by atoms with van der Waals surface area (Å²) < 4.78 is 11.2. The summed E-state index contributed by atoms with van der Waals surface area (Å²) in [6, 6.07) is 0. The van der Waals surface area contributed by atoms with Gasteiger partial charge in [0.25, 0.3) is 0 Å². The van der Waals surface area contributed by atoms with Gasteiger partial charge in [-0.3, -0.25) is 4.79 Å². The molecule has 55 heavy (non-hydrogen) atoms. The average Bonchev–Trinajstić information content (AvgIpc) is 3.19. The molecule has 1 unspecified atom stereocenters. The van der Waals surface area contributed by atoms with E-state index in [1.165, 1.54) is 193 Å². The van der Waals surface area contributed by atoms with E-state index in [0.717, 1.165) is 44.9 Å². The Hall–Kier alpha value is -1.39. The van der Waals surface area contributed by atoms with Gasteiger partial charge in [0, 0.05) is 13.0 Å². The molecule has 0 aromatic carbocycles. The number of ether oxygens (including phenoxy) is 2. The van der Waals surface area contributed by atoms with Crippen LogP contribution in [0.2, 0.25) is 0 Å². The quantitative estimate of drug-likeness (QED) is 0.0380. The zero-order chi connectivity index (χ0) is 39.8. The Morgan fingerprint density at radius 1 is 0.436 bits per heavy atom. The standard InChI is InChI=1S/C51H96O4/c1-3-5-7-9-11-13-15-17-19-21-23-25-27-29-31-33-35-37-39-41-43-45-47-54-49-50(48-52)55-51(53)46-44-42-40-38-36-34-32-30-28-26-24-22-20-18-16-14-12-10-8-6-4-2/h16,18,22,24,28,30,50,52H,3-15,17,19-21,23,25-27,29,31-49H2,1-2H3/b18-16-,24-22-,30-28-. The third-order valence-corrected chi connectivity index (χ3v) is 11.0. The number of esters is 1. The summed E-state index contributed by atoms with van der Waals surface area (Å²) in [4.78, 5) is 12.2. The molecule has 0 spiro atoms. The fraction of sp³-hybridized carbons (Fsp3) is 0.863. The van der Waals surface area contributed by atoms with E-state index in [-0.39, 0.29) is 12.6 Å². The Labute approximate surface area is 344 Å². The number of allylic oxidation sites excluding steroid dienone is 6. The van der Waals surface area contributed by atoms with Crippen molar-refractivity contribution in [2.45, 2.75) is 264 Å². The first kappa shape index (κ1) is 53.6. The van der Waals surface area contributed by atoms with E-state index in [4.69, 9.17) is 9.47 Å². The second kappa shape index (κ2) is 48.8. The topological polar surface area (TPSA) is 55.8 Å². The number of carbonyl (C=O) groups excluding carboxylic acids is 1. The van der Waals surface area contributed by atoms with Gasteiger partial charge in [-0.15, -0.1) is 0 Å². The largest absolute Gasteiger partial charge is 0.457 e. The van der Waals surface area contributed by atoms with E-state index in [9.17, 15) is 9.90 Å². The SMILES string of the molecule is CCCCCCC/C=C\C/C=C\C/C=C\CCCCCCCCC(=O)OC(CO)COCCCCCCCCCCCCCCCCCCCCCCCC. The molecule has 0 aromatic heterocycles. The third kappa shape index (κ3) is 46.9. The summed E-state index contributed by atoms with van der Waals surface area (Å²) in [7, 11) is 0.